The third kappa shape index (κ3) is 4.71. The van der Waals surface area contributed by atoms with Gasteiger partial charge in [-0.15, -0.1) is 0 Å². The van der Waals surface area contributed by atoms with Gasteiger partial charge in [0.1, 0.15) is 0 Å². The summed E-state index contributed by atoms with van der Waals surface area (Å²) in [5.74, 6) is 0. The van der Waals surface area contributed by atoms with Crippen molar-refractivity contribution in [3.05, 3.63) is 176 Å². The van der Waals surface area contributed by atoms with Gasteiger partial charge in [0.05, 0.1) is 0 Å². The second kappa shape index (κ2) is 10.6. The van der Waals surface area contributed by atoms with Crippen molar-refractivity contribution in [3.63, 3.8) is 0 Å². The lowest BCUT2D eigenvalue weighted by molar-refractivity contribution is 1.29. The van der Waals surface area contributed by atoms with Gasteiger partial charge in [-0.1, -0.05) is 121 Å². The molecule has 8 aromatic rings. The molecule has 0 radical (unpaired) electrons. The van der Waals surface area contributed by atoms with Crippen LogP contribution in [0.5, 0.6) is 0 Å². The van der Waals surface area contributed by atoms with Crippen LogP contribution in [0.4, 0.5) is 17.1 Å². The highest BCUT2D eigenvalue weighted by Crippen LogP contribution is 2.39. The molecule has 0 atom stereocenters. The normalized spacial score (nSPS) is 11.3. The van der Waals surface area contributed by atoms with Crippen molar-refractivity contribution in [1.82, 2.24) is 0 Å². The summed E-state index contributed by atoms with van der Waals surface area (Å²) in [6.45, 7) is 0. The van der Waals surface area contributed by atoms with Crippen LogP contribution >= 0.6 is 0 Å². The Bertz CT molecular complexity index is 2230. The van der Waals surface area contributed by atoms with E-state index >= 15 is 0 Å². The molecule has 0 aliphatic rings. The molecule has 0 fully saturated rings. The van der Waals surface area contributed by atoms with Gasteiger partial charge < -0.3 is 4.90 Å². The van der Waals surface area contributed by atoms with Gasteiger partial charge in [0.25, 0.3) is 0 Å². The Morgan fingerprint density at radius 2 is 0.791 bits per heavy atom. The molecular formula is C42H29N. The van der Waals surface area contributed by atoms with Crippen molar-refractivity contribution in [1.29, 1.82) is 0 Å². The topological polar surface area (TPSA) is 3.24 Å². The second-order valence-corrected chi connectivity index (χ2v) is 11.1. The number of hydrogen-bond donors (Lipinski definition) is 0. The molecule has 0 amide bonds. The summed E-state index contributed by atoms with van der Waals surface area (Å²) in [5, 5.41) is 7.50. The summed E-state index contributed by atoms with van der Waals surface area (Å²) in [5.41, 5.74) is 8.30. The van der Waals surface area contributed by atoms with E-state index in [1.807, 2.05) is 0 Å². The lowest BCUT2D eigenvalue weighted by Gasteiger charge is -2.26. The van der Waals surface area contributed by atoms with Crippen LogP contribution in [0.25, 0.3) is 54.6 Å². The Labute approximate surface area is 251 Å². The predicted octanol–water partition coefficient (Wildman–Crippen LogP) is 11.9. The number of fused-ring (bicyclic) bond motifs is 3. The first-order valence-corrected chi connectivity index (χ1v) is 14.8. The van der Waals surface area contributed by atoms with Crippen LogP contribution in [0.1, 0.15) is 0 Å². The number of hydrogen-bond acceptors (Lipinski definition) is 1. The minimum atomic E-state index is 1.13. The number of benzene rings is 8. The van der Waals surface area contributed by atoms with Crippen LogP contribution in [0.3, 0.4) is 0 Å². The van der Waals surface area contributed by atoms with Crippen molar-refractivity contribution in [3.8, 4) is 22.3 Å². The molecule has 0 aliphatic carbocycles. The molecular weight excluding hydrogens is 518 g/mol. The maximum absolute atomic E-state index is 2.35. The van der Waals surface area contributed by atoms with Crippen LogP contribution < -0.4 is 4.90 Å². The predicted molar refractivity (Wildman–Crippen MR) is 185 cm³/mol. The minimum Gasteiger partial charge on any atom is -0.310 e. The van der Waals surface area contributed by atoms with Crippen LogP contribution in [0.2, 0.25) is 0 Å². The van der Waals surface area contributed by atoms with Crippen molar-refractivity contribution in [2.45, 2.75) is 0 Å². The van der Waals surface area contributed by atoms with Gasteiger partial charge in [0.15, 0.2) is 0 Å². The van der Waals surface area contributed by atoms with Gasteiger partial charge >= 0.3 is 0 Å². The number of nitrogens with zero attached hydrogens (tertiary/aromatic N) is 1. The fourth-order valence-corrected chi connectivity index (χ4v) is 6.22. The fraction of sp³-hybridized carbons (Fsp3) is 0. The lowest BCUT2D eigenvalue weighted by Crippen LogP contribution is -2.09. The third-order valence-corrected chi connectivity index (χ3v) is 8.39. The van der Waals surface area contributed by atoms with Gasteiger partial charge in [-0.25, -0.2) is 0 Å². The quantitative estimate of drug-likeness (QED) is 0.207. The fourth-order valence-electron chi connectivity index (χ4n) is 6.22. The Balaban J connectivity index is 1.24. The first kappa shape index (κ1) is 25.1. The summed E-state index contributed by atoms with van der Waals surface area (Å²) in [7, 11) is 0. The molecule has 0 heterocycles. The highest BCUT2D eigenvalue weighted by Gasteiger charge is 2.14. The molecule has 0 bridgehead atoms. The lowest BCUT2D eigenvalue weighted by atomic mass is 9.92. The molecule has 8 rings (SSSR count). The van der Waals surface area contributed by atoms with E-state index in [0.717, 1.165) is 17.1 Å². The van der Waals surface area contributed by atoms with E-state index in [4.69, 9.17) is 0 Å². The molecule has 0 spiro atoms. The maximum Gasteiger partial charge on any atom is 0.0468 e. The first-order valence-electron chi connectivity index (χ1n) is 14.8. The van der Waals surface area contributed by atoms with Crippen LogP contribution in [-0.4, -0.2) is 0 Å². The summed E-state index contributed by atoms with van der Waals surface area (Å²) in [4.78, 5) is 2.33. The van der Waals surface area contributed by atoms with E-state index < -0.39 is 0 Å². The third-order valence-electron chi connectivity index (χ3n) is 8.39. The zero-order chi connectivity index (χ0) is 28.6. The average Bonchev–Trinajstić information content (AvgIpc) is 3.08. The van der Waals surface area contributed by atoms with Crippen molar-refractivity contribution in [2.75, 3.05) is 4.90 Å². The first-order chi connectivity index (χ1) is 21.3. The summed E-state index contributed by atoms with van der Waals surface area (Å²) >= 11 is 0. The van der Waals surface area contributed by atoms with Gasteiger partial charge in [-0.2, -0.15) is 0 Å². The molecule has 0 aromatic heterocycles. The Kier molecular flexibility index (Phi) is 6.20. The molecule has 1 heteroatoms. The van der Waals surface area contributed by atoms with E-state index in [1.54, 1.807) is 0 Å². The zero-order valence-electron chi connectivity index (χ0n) is 23.7. The van der Waals surface area contributed by atoms with Gasteiger partial charge in [0, 0.05) is 17.1 Å². The summed E-state index contributed by atoms with van der Waals surface area (Å²) < 4.78 is 0. The van der Waals surface area contributed by atoms with Crippen LogP contribution in [0.15, 0.2) is 176 Å². The summed E-state index contributed by atoms with van der Waals surface area (Å²) in [6, 6.07) is 63.5. The Morgan fingerprint density at radius 1 is 0.279 bits per heavy atom. The van der Waals surface area contributed by atoms with Crippen LogP contribution in [0, 0.1) is 0 Å². The minimum absolute atomic E-state index is 1.13. The molecule has 0 saturated carbocycles. The standard InChI is InChI=1S/C42H29N/c1-2-15-38(16-3-1)43(40-25-20-31-11-5-7-13-34(31)28-40)39-23-21-32(22-24-39)42-29-37(27-36-14-8-9-17-41(36)42)35-19-18-30-10-4-6-12-33(30)26-35/h1-29H. The van der Waals surface area contributed by atoms with Crippen molar-refractivity contribution < 1.29 is 0 Å². The molecule has 0 unspecified atom stereocenters. The van der Waals surface area contributed by atoms with Gasteiger partial charge in [0.2, 0.25) is 0 Å². The highest BCUT2D eigenvalue weighted by molar-refractivity contribution is 6.01. The van der Waals surface area contributed by atoms with E-state index in [9.17, 15) is 0 Å². The number of para-hydroxylation sites is 1. The second-order valence-electron chi connectivity index (χ2n) is 11.1. The van der Waals surface area contributed by atoms with Crippen molar-refractivity contribution >= 4 is 49.4 Å². The molecule has 43 heavy (non-hydrogen) atoms. The molecule has 8 aromatic carbocycles. The molecule has 0 aliphatic heterocycles. The van der Waals surface area contributed by atoms with Crippen molar-refractivity contribution in [2.24, 2.45) is 0 Å². The van der Waals surface area contributed by atoms with Crippen LogP contribution in [-0.2, 0) is 0 Å². The van der Waals surface area contributed by atoms with E-state index in [-0.39, 0.29) is 0 Å². The zero-order valence-corrected chi connectivity index (χ0v) is 23.7. The molecule has 1 nitrogen and oxygen atoms in total. The molecule has 202 valence electrons. The monoisotopic (exact) mass is 547 g/mol. The van der Waals surface area contributed by atoms with Gasteiger partial charge in [-0.05, 0) is 109 Å². The Hall–Kier alpha value is -5.66. The number of anilines is 3. The van der Waals surface area contributed by atoms with E-state index in [2.05, 4.69) is 181 Å². The largest absolute Gasteiger partial charge is 0.310 e. The summed E-state index contributed by atoms with van der Waals surface area (Å²) in [6.07, 6.45) is 0. The molecule has 0 saturated heterocycles. The van der Waals surface area contributed by atoms with E-state index in [0.29, 0.717) is 0 Å². The molecule has 0 N–H and O–H groups in total. The highest BCUT2D eigenvalue weighted by atomic mass is 15.1. The number of rotatable bonds is 5. The van der Waals surface area contributed by atoms with E-state index in [1.165, 1.54) is 54.6 Å². The Morgan fingerprint density at radius 3 is 1.53 bits per heavy atom. The van der Waals surface area contributed by atoms with Gasteiger partial charge in [-0.3, -0.25) is 0 Å². The maximum atomic E-state index is 2.35. The average molecular weight is 548 g/mol. The SMILES string of the molecule is c1ccc(N(c2ccc(-c3cc(-c4ccc5ccccc5c4)cc4ccccc34)cc2)c2ccc3ccccc3c2)cc1. The smallest absolute Gasteiger partial charge is 0.0468 e.